The summed E-state index contributed by atoms with van der Waals surface area (Å²) in [6.45, 7) is 15.0. The van der Waals surface area contributed by atoms with Crippen LogP contribution in [0.25, 0.3) is 0 Å². The van der Waals surface area contributed by atoms with Gasteiger partial charge in [0.05, 0.1) is 26.2 Å². The van der Waals surface area contributed by atoms with Crippen molar-refractivity contribution in [3.63, 3.8) is 0 Å². The Morgan fingerprint density at radius 2 is 1.17 bits per heavy atom. The van der Waals surface area contributed by atoms with Crippen molar-refractivity contribution in [2.75, 3.05) is 26.2 Å². The van der Waals surface area contributed by atoms with E-state index in [0.717, 1.165) is 6.42 Å². The van der Waals surface area contributed by atoms with Gasteiger partial charge in [0.1, 0.15) is 6.34 Å². The van der Waals surface area contributed by atoms with Crippen molar-refractivity contribution in [3.05, 3.63) is 12.3 Å². The van der Waals surface area contributed by atoms with Crippen LogP contribution in [0, 0.1) is 0 Å². The molecule has 0 unspecified atom stereocenters. The van der Waals surface area contributed by atoms with Crippen molar-refractivity contribution in [2.24, 2.45) is 9.98 Å². The maximum atomic E-state index is 3.79. The molecule has 0 aromatic carbocycles. The van der Waals surface area contributed by atoms with E-state index in [0.29, 0.717) is 0 Å². The average Bonchev–Trinajstić information content (AvgIpc) is 2.94. The first-order valence-corrected chi connectivity index (χ1v) is 10.3. The monoisotopic (exact) mass is 336 g/mol. The lowest BCUT2D eigenvalue weighted by Crippen LogP contribution is -2.50. The smallest absolute Gasteiger partial charge is 0.114 e. The predicted molar refractivity (Wildman–Crippen MR) is 110 cm³/mol. The van der Waals surface area contributed by atoms with Crippen LogP contribution in [0.15, 0.2) is 22.3 Å². The lowest BCUT2D eigenvalue weighted by Gasteiger charge is -2.39. The fourth-order valence-corrected chi connectivity index (χ4v) is 3.01. The van der Waals surface area contributed by atoms with Gasteiger partial charge in [-0.05, 0) is 25.7 Å². The molecule has 140 valence electrons. The lowest BCUT2D eigenvalue weighted by atomic mass is 10.1. The third kappa shape index (κ3) is 12.5. The number of hydrogen-bond donors (Lipinski definition) is 0. The molecule has 0 amide bonds. The number of unbranched alkanes of at least 4 members (excludes halogenated alkanes) is 4. The zero-order chi connectivity index (χ0) is 17.9. The first-order valence-electron chi connectivity index (χ1n) is 10.3. The van der Waals surface area contributed by atoms with Gasteiger partial charge >= 0.3 is 0 Å². The summed E-state index contributed by atoms with van der Waals surface area (Å²) in [5, 5.41) is 0. The molecule has 1 rings (SSSR count). The topological polar surface area (TPSA) is 24.7 Å². The molecule has 0 fully saturated rings. The zero-order valence-corrected chi connectivity index (χ0v) is 16.8. The highest BCUT2D eigenvalue weighted by Gasteiger charge is 2.24. The summed E-state index contributed by atoms with van der Waals surface area (Å²) >= 11 is 0. The highest BCUT2D eigenvalue weighted by Crippen LogP contribution is 2.16. The van der Waals surface area contributed by atoms with Crippen LogP contribution in [0.1, 0.15) is 85.5 Å². The molecule has 0 saturated carbocycles. The SMILES string of the molecule is C1=CN=CN=CC1.CCCC[N+](CCCC)(CCCC)CCCC. The average molecular weight is 337 g/mol. The van der Waals surface area contributed by atoms with Gasteiger partial charge in [0.25, 0.3) is 0 Å². The van der Waals surface area contributed by atoms with Gasteiger partial charge in [0, 0.05) is 18.8 Å². The van der Waals surface area contributed by atoms with Crippen LogP contribution < -0.4 is 0 Å². The number of allylic oxidation sites excluding steroid dienone is 1. The van der Waals surface area contributed by atoms with Crippen LogP contribution in [-0.4, -0.2) is 43.2 Å². The summed E-state index contributed by atoms with van der Waals surface area (Å²) in [6.07, 6.45) is 19.0. The number of nitrogens with zero attached hydrogens (tertiary/aromatic N) is 3. The Bertz CT molecular complexity index is 293. The van der Waals surface area contributed by atoms with Crippen LogP contribution in [-0.2, 0) is 0 Å². The molecule has 0 aromatic heterocycles. The summed E-state index contributed by atoms with van der Waals surface area (Å²) in [4.78, 5) is 7.56. The Hall–Kier alpha value is -0.960. The minimum Gasteiger partial charge on any atom is -0.324 e. The number of rotatable bonds is 12. The van der Waals surface area contributed by atoms with Crippen LogP contribution in [0.2, 0.25) is 0 Å². The standard InChI is InChI=1S/C16H36N.C5H6N2/c1-5-9-13-17(14-10-6-2,15-11-7-3)16-12-8-4;1-2-4-7-5-6-3-1/h5-16H2,1-4H3;1,3-5H,2H2/q+1;. The van der Waals surface area contributed by atoms with E-state index in [-0.39, 0.29) is 0 Å². The first-order chi connectivity index (χ1) is 11.7. The van der Waals surface area contributed by atoms with Crippen LogP contribution in [0.5, 0.6) is 0 Å². The minimum atomic E-state index is 0.903. The lowest BCUT2D eigenvalue weighted by molar-refractivity contribution is -0.929. The van der Waals surface area contributed by atoms with Gasteiger partial charge in [-0.3, -0.25) is 0 Å². The van der Waals surface area contributed by atoms with E-state index in [2.05, 4.69) is 37.7 Å². The summed E-state index contributed by atoms with van der Waals surface area (Å²) in [6, 6.07) is 0. The van der Waals surface area contributed by atoms with Crippen molar-refractivity contribution in [2.45, 2.75) is 85.5 Å². The minimum absolute atomic E-state index is 0.903. The van der Waals surface area contributed by atoms with E-state index in [1.807, 2.05) is 12.3 Å². The van der Waals surface area contributed by atoms with Gasteiger partial charge in [-0.2, -0.15) is 0 Å². The Morgan fingerprint density at radius 1 is 0.708 bits per heavy atom. The van der Waals surface area contributed by atoms with E-state index >= 15 is 0 Å². The van der Waals surface area contributed by atoms with Crippen LogP contribution >= 0.6 is 0 Å². The third-order valence-electron chi connectivity index (χ3n) is 4.62. The summed E-state index contributed by atoms with van der Waals surface area (Å²) < 4.78 is 1.42. The maximum absolute atomic E-state index is 3.79. The Balaban J connectivity index is 0.000000620. The molecule has 0 radical (unpaired) electrons. The number of quaternary nitrogens is 1. The molecule has 0 atom stereocenters. The van der Waals surface area contributed by atoms with Crippen molar-refractivity contribution < 1.29 is 4.48 Å². The largest absolute Gasteiger partial charge is 0.324 e. The Labute approximate surface area is 151 Å². The second kappa shape index (κ2) is 16.9. The number of aliphatic imine (C=N–C) groups is 2. The molecule has 0 N–H and O–H groups in total. The maximum Gasteiger partial charge on any atom is 0.114 e. The molecule has 3 heteroatoms. The molecule has 24 heavy (non-hydrogen) atoms. The van der Waals surface area contributed by atoms with E-state index < -0.39 is 0 Å². The molecule has 0 spiro atoms. The molecule has 0 aliphatic carbocycles. The quantitative estimate of drug-likeness (QED) is 0.390. The molecular formula is C21H42N3+. The highest BCUT2D eigenvalue weighted by molar-refractivity contribution is 5.74. The summed E-state index contributed by atoms with van der Waals surface area (Å²) in [5.41, 5.74) is 0. The van der Waals surface area contributed by atoms with E-state index in [1.165, 1.54) is 88.4 Å². The Kier molecular flexibility index (Phi) is 16.2. The molecule has 1 aliphatic heterocycles. The molecule has 1 aliphatic rings. The molecule has 0 aromatic rings. The fourth-order valence-electron chi connectivity index (χ4n) is 3.01. The Morgan fingerprint density at radius 3 is 1.58 bits per heavy atom. The summed E-state index contributed by atoms with van der Waals surface area (Å²) in [5.74, 6) is 0. The molecular weight excluding hydrogens is 294 g/mol. The van der Waals surface area contributed by atoms with Gasteiger partial charge < -0.3 is 4.48 Å². The van der Waals surface area contributed by atoms with Crippen LogP contribution in [0.3, 0.4) is 0 Å². The van der Waals surface area contributed by atoms with Crippen molar-refractivity contribution >= 4 is 12.6 Å². The second-order valence-corrected chi connectivity index (χ2v) is 6.87. The van der Waals surface area contributed by atoms with Gasteiger partial charge in [-0.1, -0.05) is 59.5 Å². The second-order valence-electron chi connectivity index (χ2n) is 6.87. The van der Waals surface area contributed by atoms with Crippen molar-refractivity contribution in [1.82, 2.24) is 0 Å². The first kappa shape index (κ1) is 23.0. The normalized spacial score (nSPS) is 13.5. The third-order valence-corrected chi connectivity index (χ3v) is 4.62. The van der Waals surface area contributed by atoms with E-state index in [9.17, 15) is 0 Å². The van der Waals surface area contributed by atoms with Gasteiger partial charge in [0.2, 0.25) is 0 Å². The predicted octanol–water partition coefficient (Wildman–Crippen LogP) is 6.01. The van der Waals surface area contributed by atoms with E-state index in [1.54, 1.807) is 6.20 Å². The van der Waals surface area contributed by atoms with Crippen molar-refractivity contribution in [1.29, 1.82) is 0 Å². The highest BCUT2D eigenvalue weighted by atomic mass is 15.3. The fraction of sp³-hybridized carbons (Fsp3) is 0.810. The molecule has 0 bridgehead atoms. The van der Waals surface area contributed by atoms with Gasteiger partial charge in [0.15, 0.2) is 0 Å². The van der Waals surface area contributed by atoms with Gasteiger partial charge in [-0.25, -0.2) is 9.98 Å². The molecule has 3 nitrogen and oxygen atoms in total. The van der Waals surface area contributed by atoms with Crippen molar-refractivity contribution in [3.8, 4) is 0 Å². The van der Waals surface area contributed by atoms with Crippen LogP contribution in [0.4, 0.5) is 0 Å². The zero-order valence-electron chi connectivity index (χ0n) is 16.8. The molecule has 1 heterocycles. The molecule has 0 saturated heterocycles. The van der Waals surface area contributed by atoms with Gasteiger partial charge in [-0.15, -0.1) is 0 Å². The number of hydrogen-bond acceptors (Lipinski definition) is 2. The van der Waals surface area contributed by atoms with E-state index in [4.69, 9.17) is 0 Å². The summed E-state index contributed by atoms with van der Waals surface area (Å²) in [7, 11) is 0.